The molecule has 1 aliphatic carbocycles. The van der Waals surface area contributed by atoms with E-state index in [0.717, 1.165) is 49.8 Å². The summed E-state index contributed by atoms with van der Waals surface area (Å²) in [5, 5.41) is 5.64. The summed E-state index contributed by atoms with van der Waals surface area (Å²) in [6.45, 7) is 6.54. The average Bonchev–Trinajstić information content (AvgIpc) is 3.10. The highest BCUT2D eigenvalue weighted by molar-refractivity contribution is 6.24. The Balaban J connectivity index is 1.26. The van der Waals surface area contributed by atoms with Gasteiger partial charge in [-0.3, -0.25) is 29.4 Å². The van der Waals surface area contributed by atoms with Gasteiger partial charge in [0, 0.05) is 37.9 Å². The van der Waals surface area contributed by atoms with Crippen molar-refractivity contribution in [1.29, 1.82) is 0 Å². The van der Waals surface area contributed by atoms with E-state index < -0.39 is 29.7 Å². The lowest BCUT2D eigenvalue weighted by Gasteiger charge is -2.44. The van der Waals surface area contributed by atoms with Gasteiger partial charge in [-0.05, 0) is 50.9 Å². The van der Waals surface area contributed by atoms with Crippen LogP contribution in [0.4, 0.5) is 0 Å². The number of nitrogens with one attached hydrogen (secondary N) is 2. The van der Waals surface area contributed by atoms with E-state index in [1.54, 1.807) is 12.1 Å². The van der Waals surface area contributed by atoms with Gasteiger partial charge in [-0.15, -0.1) is 0 Å². The summed E-state index contributed by atoms with van der Waals surface area (Å²) in [5.74, 6) is -0.747. The van der Waals surface area contributed by atoms with E-state index in [-0.39, 0.29) is 35.8 Å². The third-order valence-corrected chi connectivity index (χ3v) is 7.95. The van der Waals surface area contributed by atoms with Gasteiger partial charge < -0.3 is 19.7 Å². The van der Waals surface area contributed by atoms with E-state index in [1.807, 2.05) is 0 Å². The Labute approximate surface area is 210 Å². The SMILES string of the molecule is CCN(CC1CCNCC1)C1CC(Oc2cc(OC)c3c(c2)C(=O)N(C2CCC(=O)NC2=O)C3=O)C1. The zero-order valence-corrected chi connectivity index (χ0v) is 20.9. The van der Waals surface area contributed by atoms with Crippen molar-refractivity contribution < 1.29 is 28.7 Å². The number of amides is 4. The highest BCUT2D eigenvalue weighted by Gasteiger charge is 2.46. The molecule has 0 radical (unpaired) electrons. The van der Waals surface area contributed by atoms with E-state index in [2.05, 4.69) is 22.5 Å². The lowest BCUT2D eigenvalue weighted by Crippen LogP contribution is -2.54. The van der Waals surface area contributed by atoms with Crippen LogP contribution in [0.2, 0.25) is 0 Å². The Morgan fingerprint density at radius 3 is 2.47 bits per heavy atom. The van der Waals surface area contributed by atoms with Crippen LogP contribution in [0.5, 0.6) is 11.5 Å². The zero-order chi connectivity index (χ0) is 25.4. The first-order valence-corrected chi connectivity index (χ1v) is 12.9. The predicted octanol–water partition coefficient (Wildman–Crippen LogP) is 1.33. The van der Waals surface area contributed by atoms with E-state index in [9.17, 15) is 19.2 Å². The van der Waals surface area contributed by atoms with Gasteiger partial charge in [0.15, 0.2) is 0 Å². The summed E-state index contributed by atoms with van der Waals surface area (Å²) < 4.78 is 11.7. The molecule has 4 aliphatic rings. The Morgan fingerprint density at radius 1 is 1.06 bits per heavy atom. The Kier molecular flexibility index (Phi) is 6.98. The van der Waals surface area contributed by atoms with Gasteiger partial charge in [-0.1, -0.05) is 6.92 Å². The van der Waals surface area contributed by atoms with Crippen molar-refractivity contribution in [3.8, 4) is 11.5 Å². The molecule has 1 aromatic carbocycles. The fraction of sp³-hybridized carbons (Fsp3) is 0.615. The molecule has 36 heavy (non-hydrogen) atoms. The van der Waals surface area contributed by atoms with Crippen LogP contribution in [-0.2, 0) is 9.59 Å². The third-order valence-electron chi connectivity index (χ3n) is 7.95. The number of imide groups is 2. The molecule has 1 unspecified atom stereocenters. The number of hydrogen-bond acceptors (Lipinski definition) is 8. The van der Waals surface area contributed by atoms with Crippen molar-refractivity contribution in [2.45, 2.75) is 63.6 Å². The predicted molar refractivity (Wildman–Crippen MR) is 130 cm³/mol. The van der Waals surface area contributed by atoms with E-state index >= 15 is 0 Å². The zero-order valence-electron chi connectivity index (χ0n) is 20.9. The number of rotatable bonds is 8. The maximum absolute atomic E-state index is 13.2. The molecule has 2 saturated heterocycles. The summed E-state index contributed by atoms with van der Waals surface area (Å²) in [7, 11) is 1.44. The van der Waals surface area contributed by atoms with Crippen molar-refractivity contribution in [1.82, 2.24) is 20.4 Å². The van der Waals surface area contributed by atoms with Crippen LogP contribution in [0.1, 0.15) is 66.2 Å². The van der Waals surface area contributed by atoms with Crippen LogP contribution in [-0.4, -0.2) is 84.9 Å². The largest absolute Gasteiger partial charge is 0.496 e. The molecule has 3 heterocycles. The summed E-state index contributed by atoms with van der Waals surface area (Å²) in [6, 6.07) is 2.68. The van der Waals surface area contributed by atoms with E-state index in [4.69, 9.17) is 9.47 Å². The molecule has 0 bridgehead atoms. The van der Waals surface area contributed by atoms with Gasteiger partial charge in [-0.2, -0.15) is 0 Å². The highest BCUT2D eigenvalue weighted by Crippen LogP contribution is 2.39. The van der Waals surface area contributed by atoms with Crippen molar-refractivity contribution in [3.63, 3.8) is 0 Å². The Hall–Kier alpha value is -2.98. The number of carbonyl (C=O) groups excluding carboxylic acids is 4. The number of methoxy groups -OCH3 is 1. The van der Waals surface area contributed by atoms with Gasteiger partial charge in [0.2, 0.25) is 11.8 Å². The Bertz CT molecular complexity index is 1060. The molecule has 194 valence electrons. The average molecular weight is 499 g/mol. The molecule has 10 nitrogen and oxygen atoms in total. The van der Waals surface area contributed by atoms with Crippen LogP contribution < -0.4 is 20.1 Å². The molecule has 1 saturated carbocycles. The monoisotopic (exact) mass is 498 g/mol. The minimum absolute atomic E-state index is 0.0262. The van der Waals surface area contributed by atoms with Gasteiger partial charge >= 0.3 is 0 Å². The molecule has 0 aromatic heterocycles. The fourth-order valence-corrected chi connectivity index (χ4v) is 5.82. The molecule has 3 fully saturated rings. The number of benzene rings is 1. The second-order valence-corrected chi connectivity index (χ2v) is 10.1. The lowest BCUT2D eigenvalue weighted by molar-refractivity contribution is -0.136. The highest BCUT2D eigenvalue weighted by atomic mass is 16.5. The number of hydrogen-bond donors (Lipinski definition) is 2. The molecule has 1 atom stereocenters. The molecule has 3 aliphatic heterocycles. The van der Waals surface area contributed by atoms with E-state index in [0.29, 0.717) is 11.8 Å². The summed E-state index contributed by atoms with van der Waals surface area (Å²) in [6.07, 6.45) is 4.47. The normalized spacial score (nSPS) is 26.6. The van der Waals surface area contributed by atoms with Crippen LogP contribution >= 0.6 is 0 Å². The first kappa shape index (κ1) is 24.7. The van der Waals surface area contributed by atoms with Crippen LogP contribution in [0.25, 0.3) is 0 Å². The second kappa shape index (κ2) is 10.2. The van der Waals surface area contributed by atoms with Gasteiger partial charge in [0.1, 0.15) is 23.6 Å². The van der Waals surface area contributed by atoms with Gasteiger partial charge in [-0.25, -0.2) is 0 Å². The molecule has 10 heteroatoms. The quantitative estimate of drug-likeness (QED) is 0.516. The summed E-state index contributed by atoms with van der Waals surface area (Å²) >= 11 is 0. The first-order chi connectivity index (χ1) is 17.4. The van der Waals surface area contributed by atoms with Gasteiger partial charge in [0.25, 0.3) is 11.8 Å². The minimum atomic E-state index is -1.02. The van der Waals surface area contributed by atoms with Crippen LogP contribution in [0, 0.1) is 5.92 Å². The number of carbonyl (C=O) groups is 4. The molecular weight excluding hydrogens is 464 g/mol. The number of ether oxygens (including phenoxy) is 2. The van der Waals surface area contributed by atoms with Crippen LogP contribution in [0.3, 0.4) is 0 Å². The Morgan fingerprint density at radius 2 is 1.81 bits per heavy atom. The topological polar surface area (TPSA) is 117 Å². The van der Waals surface area contributed by atoms with Crippen LogP contribution in [0.15, 0.2) is 12.1 Å². The van der Waals surface area contributed by atoms with Gasteiger partial charge in [0.05, 0.1) is 18.2 Å². The molecule has 5 rings (SSSR count). The maximum atomic E-state index is 13.2. The second-order valence-electron chi connectivity index (χ2n) is 10.1. The number of piperidine rings is 2. The van der Waals surface area contributed by atoms with Crippen molar-refractivity contribution in [3.05, 3.63) is 23.3 Å². The molecular formula is C26H34N4O6. The standard InChI is InChI=1S/C26H34N4O6/c1-3-29(14-15-6-8-27-9-7-15)16-10-17(11-16)36-18-12-19-23(21(13-18)35-2)26(34)30(25(19)33)20-4-5-22(31)28-24(20)32/h12-13,15-17,20,27H,3-11,14H2,1-2H3,(H,28,31,32). The molecule has 2 N–H and O–H groups in total. The van der Waals surface area contributed by atoms with Crippen molar-refractivity contribution in [2.24, 2.45) is 5.92 Å². The fourth-order valence-electron chi connectivity index (χ4n) is 5.82. The molecule has 0 spiro atoms. The smallest absolute Gasteiger partial charge is 0.266 e. The number of fused-ring (bicyclic) bond motifs is 1. The van der Waals surface area contributed by atoms with Crippen molar-refractivity contribution in [2.75, 3.05) is 33.3 Å². The number of nitrogens with zero attached hydrogens (tertiary/aromatic N) is 2. The summed E-state index contributed by atoms with van der Waals surface area (Å²) in [5.41, 5.74) is 0.293. The van der Waals surface area contributed by atoms with E-state index in [1.165, 1.54) is 20.0 Å². The first-order valence-electron chi connectivity index (χ1n) is 12.9. The molecule has 4 amide bonds. The maximum Gasteiger partial charge on any atom is 0.266 e. The third kappa shape index (κ3) is 4.59. The summed E-state index contributed by atoms with van der Waals surface area (Å²) in [4.78, 5) is 53.7. The lowest BCUT2D eigenvalue weighted by atomic mass is 9.86. The molecule has 1 aromatic rings. The van der Waals surface area contributed by atoms with Crippen molar-refractivity contribution >= 4 is 23.6 Å². The minimum Gasteiger partial charge on any atom is -0.496 e.